The predicted octanol–water partition coefficient (Wildman–Crippen LogP) is 3.06. The first-order chi connectivity index (χ1) is 10.8. The lowest BCUT2D eigenvalue weighted by molar-refractivity contribution is 0.0594. The maximum atomic E-state index is 14.2. The Balaban J connectivity index is 2.79. The molecule has 0 aliphatic carbocycles. The maximum absolute atomic E-state index is 14.2. The number of nitrogens with two attached hydrogens (primary N) is 1. The highest BCUT2D eigenvalue weighted by Gasteiger charge is 2.25. The number of methoxy groups -OCH3 is 1. The van der Waals surface area contributed by atoms with Gasteiger partial charge in [0.1, 0.15) is 23.4 Å². The third-order valence-corrected chi connectivity index (χ3v) is 3.31. The van der Waals surface area contributed by atoms with Crippen molar-refractivity contribution in [2.75, 3.05) is 12.8 Å². The number of hydrogen-bond donors (Lipinski definition) is 1. The molecule has 118 valence electrons. The second kappa shape index (κ2) is 6.14. The fraction of sp³-hybridized carbons (Fsp3) is 0.0714. The molecular formula is C14H7ClF3N3O2. The molecule has 0 saturated heterocycles. The molecule has 0 aliphatic heterocycles. The van der Waals surface area contributed by atoms with E-state index in [1.165, 1.54) is 6.07 Å². The molecule has 0 amide bonds. The number of carbonyl (C=O) groups excluding carboxylic acids is 1. The summed E-state index contributed by atoms with van der Waals surface area (Å²) in [5.41, 5.74) is 2.31. The van der Waals surface area contributed by atoms with Gasteiger partial charge in [-0.05, 0) is 12.1 Å². The van der Waals surface area contributed by atoms with Gasteiger partial charge < -0.3 is 10.5 Å². The van der Waals surface area contributed by atoms with Crippen molar-refractivity contribution in [3.05, 3.63) is 45.9 Å². The average molecular weight is 342 g/mol. The van der Waals surface area contributed by atoms with E-state index in [0.29, 0.717) is 12.1 Å². The maximum Gasteiger partial charge on any atom is 0.358 e. The van der Waals surface area contributed by atoms with Crippen LogP contribution in [0.3, 0.4) is 0 Å². The number of aromatic nitrogens is 1. The summed E-state index contributed by atoms with van der Waals surface area (Å²) < 4.78 is 46.3. The van der Waals surface area contributed by atoms with Crippen molar-refractivity contribution in [2.24, 2.45) is 0 Å². The summed E-state index contributed by atoms with van der Waals surface area (Å²) in [5.74, 6) is -4.46. The van der Waals surface area contributed by atoms with Gasteiger partial charge in [0.15, 0.2) is 11.5 Å². The fourth-order valence-electron chi connectivity index (χ4n) is 1.79. The largest absolute Gasteiger partial charge is 0.464 e. The molecule has 2 rings (SSSR count). The van der Waals surface area contributed by atoms with Gasteiger partial charge in [0, 0.05) is 5.56 Å². The van der Waals surface area contributed by atoms with Crippen molar-refractivity contribution in [2.45, 2.75) is 0 Å². The zero-order valence-corrected chi connectivity index (χ0v) is 12.2. The SMILES string of the molecule is COC(=O)c1nc(-c2cc(F)c(C#N)cc2F)c(F)c(N)c1Cl. The zero-order chi connectivity index (χ0) is 17.3. The summed E-state index contributed by atoms with van der Waals surface area (Å²) in [4.78, 5) is 15.2. The summed E-state index contributed by atoms with van der Waals surface area (Å²) in [5, 5.41) is 8.14. The molecule has 5 nitrogen and oxygen atoms in total. The molecule has 0 atom stereocenters. The van der Waals surface area contributed by atoms with Crippen molar-refractivity contribution < 1.29 is 22.7 Å². The minimum Gasteiger partial charge on any atom is -0.464 e. The smallest absolute Gasteiger partial charge is 0.358 e. The van der Waals surface area contributed by atoms with Gasteiger partial charge in [-0.15, -0.1) is 0 Å². The van der Waals surface area contributed by atoms with Gasteiger partial charge in [0.2, 0.25) is 0 Å². The van der Waals surface area contributed by atoms with Gasteiger partial charge >= 0.3 is 5.97 Å². The van der Waals surface area contributed by atoms with Crippen LogP contribution in [0.4, 0.5) is 18.9 Å². The van der Waals surface area contributed by atoms with Crippen LogP contribution in [-0.2, 0) is 4.74 Å². The molecule has 2 aromatic rings. The molecule has 0 unspecified atom stereocenters. The van der Waals surface area contributed by atoms with E-state index >= 15 is 0 Å². The van der Waals surface area contributed by atoms with Gasteiger partial charge in [-0.25, -0.2) is 22.9 Å². The normalized spacial score (nSPS) is 10.3. The Morgan fingerprint density at radius 2 is 2.00 bits per heavy atom. The van der Waals surface area contributed by atoms with Gasteiger partial charge in [-0.2, -0.15) is 5.26 Å². The quantitative estimate of drug-likeness (QED) is 0.848. The number of ether oxygens (including phenoxy) is 1. The number of nitrogen functional groups attached to an aromatic ring is 1. The van der Waals surface area contributed by atoms with Crippen LogP contribution < -0.4 is 5.73 Å². The van der Waals surface area contributed by atoms with Crippen LogP contribution in [0.1, 0.15) is 16.1 Å². The number of nitriles is 1. The predicted molar refractivity (Wildman–Crippen MR) is 75.0 cm³/mol. The van der Waals surface area contributed by atoms with E-state index in [2.05, 4.69) is 9.72 Å². The monoisotopic (exact) mass is 341 g/mol. The lowest BCUT2D eigenvalue weighted by Gasteiger charge is -2.11. The number of carbonyl (C=O) groups is 1. The first-order valence-corrected chi connectivity index (χ1v) is 6.31. The lowest BCUT2D eigenvalue weighted by atomic mass is 10.1. The number of nitrogens with zero attached hydrogens (tertiary/aromatic N) is 2. The van der Waals surface area contributed by atoms with E-state index in [4.69, 9.17) is 22.6 Å². The van der Waals surface area contributed by atoms with Gasteiger partial charge in [0.25, 0.3) is 0 Å². The Morgan fingerprint density at radius 1 is 1.35 bits per heavy atom. The van der Waals surface area contributed by atoms with Gasteiger partial charge in [0.05, 0.1) is 23.4 Å². The number of rotatable bonds is 2. The van der Waals surface area contributed by atoms with Crippen molar-refractivity contribution in [1.29, 1.82) is 5.26 Å². The molecule has 1 aromatic heterocycles. The Kier molecular flexibility index (Phi) is 4.43. The highest BCUT2D eigenvalue weighted by atomic mass is 35.5. The molecule has 1 heterocycles. The summed E-state index contributed by atoms with van der Waals surface area (Å²) in [6.07, 6.45) is 0. The summed E-state index contributed by atoms with van der Waals surface area (Å²) in [6.45, 7) is 0. The molecule has 0 fully saturated rings. The first-order valence-electron chi connectivity index (χ1n) is 5.94. The van der Waals surface area contributed by atoms with Crippen LogP contribution in [0.25, 0.3) is 11.3 Å². The van der Waals surface area contributed by atoms with Crippen molar-refractivity contribution >= 4 is 23.3 Å². The number of halogens is 4. The van der Waals surface area contributed by atoms with Crippen LogP contribution in [-0.4, -0.2) is 18.1 Å². The molecule has 0 spiro atoms. The lowest BCUT2D eigenvalue weighted by Crippen LogP contribution is -2.11. The van der Waals surface area contributed by atoms with E-state index in [1.807, 2.05) is 0 Å². The van der Waals surface area contributed by atoms with Crippen molar-refractivity contribution in [1.82, 2.24) is 4.98 Å². The highest BCUT2D eigenvalue weighted by Crippen LogP contribution is 2.34. The molecule has 0 bridgehead atoms. The molecule has 0 aliphatic rings. The van der Waals surface area contributed by atoms with Crippen LogP contribution >= 0.6 is 11.6 Å². The first kappa shape index (κ1) is 16.6. The minimum atomic E-state index is -1.23. The second-order valence-corrected chi connectivity index (χ2v) is 4.64. The zero-order valence-electron chi connectivity index (χ0n) is 11.5. The third kappa shape index (κ3) is 2.78. The van der Waals surface area contributed by atoms with E-state index < -0.39 is 56.6 Å². The Morgan fingerprint density at radius 3 is 2.57 bits per heavy atom. The van der Waals surface area contributed by atoms with E-state index in [1.54, 1.807) is 0 Å². The summed E-state index contributed by atoms with van der Waals surface area (Å²) in [7, 11) is 1.03. The summed E-state index contributed by atoms with van der Waals surface area (Å²) >= 11 is 5.71. The van der Waals surface area contributed by atoms with E-state index in [0.717, 1.165) is 7.11 Å². The Hall–Kier alpha value is -2.79. The topological polar surface area (TPSA) is 89.0 Å². The molecule has 9 heteroatoms. The second-order valence-electron chi connectivity index (χ2n) is 4.27. The minimum absolute atomic E-state index is 0.507. The van der Waals surface area contributed by atoms with Crippen molar-refractivity contribution in [3.63, 3.8) is 0 Å². The molecule has 23 heavy (non-hydrogen) atoms. The third-order valence-electron chi connectivity index (χ3n) is 2.92. The number of esters is 1. The average Bonchev–Trinajstić information content (AvgIpc) is 2.54. The van der Waals surface area contributed by atoms with Gasteiger partial charge in [-0.3, -0.25) is 0 Å². The van der Waals surface area contributed by atoms with E-state index in [9.17, 15) is 18.0 Å². The summed E-state index contributed by atoms with van der Waals surface area (Å²) in [6, 6.07) is 2.59. The van der Waals surface area contributed by atoms with Crippen LogP contribution in [0.15, 0.2) is 12.1 Å². The van der Waals surface area contributed by atoms with Crippen LogP contribution in [0.2, 0.25) is 5.02 Å². The number of anilines is 1. The number of pyridine rings is 1. The number of hydrogen-bond acceptors (Lipinski definition) is 5. The van der Waals surface area contributed by atoms with Crippen LogP contribution in [0.5, 0.6) is 0 Å². The number of benzene rings is 1. The fourth-order valence-corrected chi connectivity index (χ4v) is 1.99. The molecular weight excluding hydrogens is 335 g/mol. The van der Waals surface area contributed by atoms with Crippen LogP contribution in [0, 0.1) is 28.8 Å². The van der Waals surface area contributed by atoms with Gasteiger partial charge in [-0.1, -0.05) is 11.6 Å². The van der Waals surface area contributed by atoms with Crippen molar-refractivity contribution in [3.8, 4) is 17.3 Å². The molecule has 1 aromatic carbocycles. The molecule has 0 saturated carbocycles. The molecule has 0 radical (unpaired) electrons. The Bertz CT molecular complexity index is 866. The van der Waals surface area contributed by atoms with E-state index in [-0.39, 0.29) is 0 Å². The Labute approximate surface area is 133 Å². The highest BCUT2D eigenvalue weighted by molar-refractivity contribution is 6.35. The molecule has 2 N–H and O–H groups in total. The standard InChI is InChI=1S/C14H7ClF3N3O2/c1-23-14(22)13-9(15)11(20)10(18)12(21-13)6-3-7(16)5(4-19)2-8(6)17/h2-3H,1H3,(H2,20,21).